The van der Waals surface area contributed by atoms with Gasteiger partial charge in [0.1, 0.15) is 0 Å². The maximum atomic E-state index is 11.9. The lowest BCUT2D eigenvalue weighted by Crippen LogP contribution is -2.33. The van der Waals surface area contributed by atoms with Gasteiger partial charge in [0.25, 0.3) is 10.2 Å². The number of aromatic carboxylic acids is 1. The highest BCUT2D eigenvalue weighted by Crippen LogP contribution is 2.23. The van der Waals surface area contributed by atoms with Crippen LogP contribution in [0.5, 0.6) is 0 Å². The van der Waals surface area contributed by atoms with Crippen LogP contribution < -0.4 is 9.44 Å². The van der Waals surface area contributed by atoms with Crippen molar-refractivity contribution in [3.8, 4) is 0 Å². The summed E-state index contributed by atoms with van der Waals surface area (Å²) >= 11 is 0. The molecule has 0 aromatic heterocycles. The lowest BCUT2D eigenvalue weighted by Gasteiger charge is -2.15. The van der Waals surface area contributed by atoms with Crippen LogP contribution >= 0.6 is 0 Å². The molecular formula is C13H20N2O4S. The molecular weight excluding hydrogens is 280 g/mol. The summed E-state index contributed by atoms with van der Waals surface area (Å²) in [5.74, 6) is -1.01. The summed E-state index contributed by atoms with van der Waals surface area (Å²) in [6.45, 7) is 7.46. The van der Waals surface area contributed by atoms with Gasteiger partial charge in [-0.25, -0.2) is 4.79 Å². The zero-order valence-corrected chi connectivity index (χ0v) is 12.8. The van der Waals surface area contributed by atoms with Crippen LogP contribution in [0.3, 0.4) is 0 Å². The molecule has 1 rings (SSSR count). The Hall–Kier alpha value is -1.60. The fourth-order valence-electron chi connectivity index (χ4n) is 1.72. The maximum absolute atomic E-state index is 11.9. The van der Waals surface area contributed by atoms with Crippen LogP contribution in [-0.2, 0) is 10.2 Å². The Balaban J connectivity index is 3.11. The summed E-state index contributed by atoms with van der Waals surface area (Å²) in [6, 6.07) is 3.17. The number of aryl methyl sites for hydroxylation is 2. The largest absolute Gasteiger partial charge is 0.478 e. The van der Waals surface area contributed by atoms with E-state index in [4.69, 9.17) is 0 Å². The van der Waals surface area contributed by atoms with Crippen LogP contribution in [0.15, 0.2) is 12.1 Å². The number of hydrogen-bond acceptors (Lipinski definition) is 3. The van der Waals surface area contributed by atoms with E-state index in [0.717, 1.165) is 5.56 Å². The minimum Gasteiger partial charge on any atom is -0.478 e. The Morgan fingerprint density at radius 3 is 2.40 bits per heavy atom. The molecule has 7 heteroatoms. The van der Waals surface area contributed by atoms with Crippen LogP contribution in [0, 0.1) is 19.8 Å². The number of anilines is 1. The summed E-state index contributed by atoms with van der Waals surface area (Å²) in [6.07, 6.45) is 0. The Morgan fingerprint density at radius 2 is 1.90 bits per heavy atom. The second kappa shape index (κ2) is 6.23. The van der Waals surface area contributed by atoms with E-state index in [-0.39, 0.29) is 23.7 Å². The van der Waals surface area contributed by atoms with Gasteiger partial charge in [-0.15, -0.1) is 0 Å². The van der Waals surface area contributed by atoms with Crippen molar-refractivity contribution >= 4 is 21.9 Å². The van der Waals surface area contributed by atoms with E-state index in [1.165, 1.54) is 6.07 Å². The van der Waals surface area contributed by atoms with E-state index in [2.05, 4.69) is 9.44 Å². The minimum absolute atomic E-state index is 0.0579. The predicted octanol–water partition coefficient (Wildman–Crippen LogP) is 1.90. The standard InChI is InChI=1S/C13H20N2O4S/c1-8(2)7-14-20(18,19)15-12-10(4)5-9(3)6-11(12)13(16)17/h5-6,8,14-15H,7H2,1-4H3,(H,16,17). The highest BCUT2D eigenvalue weighted by Gasteiger charge is 2.18. The normalized spacial score (nSPS) is 11.7. The van der Waals surface area contributed by atoms with Gasteiger partial charge in [0, 0.05) is 6.54 Å². The van der Waals surface area contributed by atoms with E-state index in [9.17, 15) is 18.3 Å². The van der Waals surface area contributed by atoms with Gasteiger partial charge in [0.2, 0.25) is 0 Å². The summed E-state index contributed by atoms with van der Waals surface area (Å²) in [5.41, 5.74) is 1.37. The van der Waals surface area contributed by atoms with E-state index in [1.807, 2.05) is 13.8 Å². The third kappa shape index (κ3) is 4.50. The van der Waals surface area contributed by atoms with Gasteiger partial charge in [-0.1, -0.05) is 19.9 Å². The van der Waals surface area contributed by atoms with Crippen molar-refractivity contribution in [3.63, 3.8) is 0 Å². The van der Waals surface area contributed by atoms with Crippen LogP contribution in [-0.4, -0.2) is 26.0 Å². The van der Waals surface area contributed by atoms with Gasteiger partial charge in [-0.3, -0.25) is 4.72 Å². The molecule has 112 valence electrons. The smallest absolute Gasteiger partial charge is 0.337 e. The molecule has 0 atom stereocenters. The zero-order valence-electron chi connectivity index (χ0n) is 12.0. The zero-order chi connectivity index (χ0) is 15.5. The first-order valence-corrected chi connectivity index (χ1v) is 7.72. The first kappa shape index (κ1) is 16.5. The predicted molar refractivity (Wildman–Crippen MR) is 78.3 cm³/mol. The molecule has 0 aliphatic heterocycles. The van der Waals surface area contributed by atoms with E-state index in [1.54, 1.807) is 19.9 Å². The van der Waals surface area contributed by atoms with Gasteiger partial charge in [0.15, 0.2) is 0 Å². The second-order valence-corrected chi connectivity index (χ2v) is 6.66. The van der Waals surface area contributed by atoms with Gasteiger partial charge < -0.3 is 5.11 Å². The maximum Gasteiger partial charge on any atom is 0.337 e. The Labute approximate surface area is 119 Å². The molecule has 1 aromatic carbocycles. The van der Waals surface area contributed by atoms with Crippen molar-refractivity contribution in [3.05, 3.63) is 28.8 Å². The van der Waals surface area contributed by atoms with E-state index in [0.29, 0.717) is 5.56 Å². The molecule has 0 unspecified atom stereocenters. The van der Waals surface area contributed by atoms with Crippen LogP contribution in [0.4, 0.5) is 5.69 Å². The van der Waals surface area contributed by atoms with Crippen molar-refractivity contribution in [1.29, 1.82) is 0 Å². The quantitative estimate of drug-likeness (QED) is 0.747. The fourth-order valence-corrected chi connectivity index (χ4v) is 2.88. The molecule has 0 saturated carbocycles. The second-order valence-electron chi connectivity index (χ2n) is 5.16. The molecule has 0 spiro atoms. The number of carbonyl (C=O) groups is 1. The Bertz CT molecular complexity index is 609. The van der Waals surface area contributed by atoms with Crippen molar-refractivity contribution in [2.24, 2.45) is 5.92 Å². The van der Waals surface area contributed by atoms with Gasteiger partial charge in [0.05, 0.1) is 11.3 Å². The van der Waals surface area contributed by atoms with Crippen molar-refractivity contribution < 1.29 is 18.3 Å². The molecule has 3 N–H and O–H groups in total. The first-order valence-electron chi connectivity index (χ1n) is 6.24. The number of carboxylic acid groups (broad SMARTS) is 1. The first-order chi connectivity index (χ1) is 9.12. The number of benzene rings is 1. The molecule has 0 amide bonds. The van der Waals surface area contributed by atoms with E-state index < -0.39 is 16.2 Å². The molecule has 0 aliphatic carbocycles. The van der Waals surface area contributed by atoms with Gasteiger partial charge >= 0.3 is 5.97 Å². The molecule has 0 aliphatic rings. The molecule has 20 heavy (non-hydrogen) atoms. The van der Waals surface area contributed by atoms with Gasteiger partial charge in [-0.05, 0) is 37.0 Å². The van der Waals surface area contributed by atoms with Crippen LogP contribution in [0.1, 0.15) is 35.3 Å². The van der Waals surface area contributed by atoms with Crippen molar-refractivity contribution in [1.82, 2.24) is 4.72 Å². The Morgan fingerprint density at radius 1 is 1.30 bits per heavy atom. The lowest BCUT2D eigenvalue weighted by atomic mass is 10.0. The minimum atomic E-state index is -3.78. The number of carboxylic acids is 1. The summed E-state index contributed by atoms with van der Waals surface area (Å²) in [5, 5.41) is 9.17. The molecule has 0 fully saturated rings. The third-order valence-corrected chi connectivity index (χ3v) is 3.65. The van der Waals surface area contributed by atoms with Crippen molar-refractivity contribution in [2.45, 2.75) is 27.7 Å². The highest BCUT2D eigenvalue weighted by molar-refractivity contribution is 7.90. The Kier molecular flexibility index (Phi) is 5.13. The van der Waals surface area contributed by atoms with Crippen LogP contribution in [0.25, 0.3) is 0 Å². The summed E-state index contributed by atoms with van der Waals surface area (Å²) in [4.78, 5) is 11.2. The number of nitrogens with one attached hydrogen (secondary N) is 2. The molecule has 0 radical (unpaired) electrons. The third-order valence-electron chi connectivity index (χ3n) is 2.63. The average molecular weight is 300 g/mol. The van der Waals surface area contributed by atoms with Crippen molar-refractivity contribution in [2.75, 3.05) is 11.3 Å². The average Bonchev–Trinajstić information content (AvgIpc) is 2.29. The monoisotopic (exact) mass is 300 g/mol. The number of rotatable bonds is 6. The summed E-state index contributed by atoms with van der Waals surface area (Å²) in [7, 11) is -3.78. The van der Waals surface area contributed by atoms with Crippen LogP contribution in [0.2, 0.25) is 0 Å². The molecule has 0 heterocycles. The number of hydrogen-bond donors (Lipinski definition) is 3. The highest BCUT2D eigenvalue weighted by atomic mass is 32.2. The SMILES string of the molecule is Cc1cc(C)c(NS(=O)(=O)NCC(C)C)c(C(=O)O)c1. The molecule has 0 bridgehead atoms. The van der Waals surface area contributed by atoms with Gasteiger partial charge in [-0.2, -0.15) is 13.1 Å². The topological polar surface area (TPSA) is 95.5 Å². The molecule has 0 saturated heterocycles. The fraction of sp³-hybridized carbons (Fsp3) is 0.462. The summed E-state index contributed by atoms with van der Waals surface area (Å²) < 4.78 is 28.5. The molecule has 6 nitrogen and oxygen atoms in total. The van der Waals surface area contributed by atoms with E-state index >= 15 is 0 Å². The lowest BCUT2D eigenvalue weighted by molar-refractivity contribution is 0.0698. The molecule has 1 aromatic rings.